The maximum atomic E-state index is 12.4. The van der Waals surface area contributed by atoms with Crippen molar-refractivity contribution in [3.63, 3.8) is 0 Å². The number of halogens is 2. The third-order valence-electron chi connectivity index (χ3n) is 4.50. The number of carbonyl (C=O) groups excluding carboxylic acids is 1. The van der Waals surface area contributed by atoms with E-state index in [9.17, 15) is 4.79 Å². The lowest BCUT2D eigenvalue weighted by molar-refractivity contribution is -0.131. The monoisotopic (exact) mass is 394 g/mol. The third kappa shape index (κ3) is 5.63. The Kier molecular flexibility index (Phi) is 7.76. The van der Waals surface area contributed by atoms with Crippen LogP contribution in [0.5, 0.6) is 5.75 Å². The predicted molar refractivity (Wildman–Crippen MR) is 107 cm³/mol. The Bertz CT molecular complexity index is 731. The number of hydrogen-bond acceptors (Lipinski definition) is 3. The summed E-state index contributed by atoms with van der Waals surface area (Å²) in [5, 5.41) is 0.692. The largest absolute Gasteiger partial charge is 0.489 e. The molecule has 2 N–H and O–H groups in total. The zero-order valence-electron chi connectivity index (χ0n) is 14.6. The van der Waals surface area contributed by atoms with Crippen molar-refractivity contribution in [2.75, 3.05) is 13.1 Å². The summed E-state index contributed by atoms with van der Waals surface area (Å²) in [6.07, 6.45) is 2.15. The normalized spacial score (nSPS) is 14.6. The van der Waals surface area contributed by atoms with Crippen molar-refractivity contribution in [1.29, 1.82) is 0 Å². The molecule has 0 radical (unpaired) electrons. The van der Waals surface area contributed by atoms with Crippen molar-refractivity contribution < 1.29 is 9.53 Å². The molecule has 140 valence electrons. The van der Waals surface area contributed by atoms with Gasteiger partial charge < -0.3 is 15.4 Å². The molecule has 1 fully saturated rings. The van der Waals surface area contributed by atoms with Crippen molar-refractivity contribution in [2.24, 2.45) is 5.73 Å². The summed E-state index contributed by atoms with van der Waals surface area (Å²) in [5.41, 5.74) is 7.79. The predicted octanol–water partition coefficient (Wildman–Crippen LogP) is 3.83. The fraction of sp³-hybridized carbons (Fsp3) is 0.350. The van der Waals surface area contributed by atoms with Crippen LogP contribution in [0.15, 0.2) is 48.5 Å². The van der Waals surface area contributed by atoms with Crippen molar-refractivity contribution in [3.8, 4) is 5.75 Å². The van der Waals surface area contributed by atoms with E-state index in [1.165, 1.54) is 0 Å². The number of nitrogens with two attached hydrogens (primary N) is 1. The van der Waals surface area contributed by atoms with Crippen LogP contribution in [0.1, 0.15) is 24.0 Å². The first-order chi connectivity index (χ1) is 12.1. The third-order valence-corrected chi connectivity index (χ3v) is 4.87. The van der Waals surface area contributed by atoms with E-state index in [1.54, 1.807) is 0 Å². The lowest BCUT2D eigenvalue weighted by Crippen LogP contribution is -2.43. The molecule has 0 spiro atoms. The molecule has 0 atom stereocenters. The van der Waals surface area contributed by atoms with Crippen molar-refractivity contribution in [1.82, 2.24) is 4.90 Å². The second-order valence-electron chi connectivity index (χ2n) is 6.42. The SMILES string of the molecule is Cl.NC1CCN(C(=O)Cc2cccc(OCc3ccccc3Cl)c2)CC1. The number of piperidine rings is 1. The van der Waals surface area contributed by atoms with Crippen LogP contribution in [0.3, 0.4) is 0 Å². The van der Waals surface area contributed by atoms with Crippen LogP contribution >= 0.6 is 24.0 Å². The maximum absolute atomic E-state index is 12.4. The molecular formula is C20H24Cl2N2O2. The second kappa shape index (κ2) is 9.81. The number of amides is 1. The van der Waals surface area contributed by atoms with Gasteiger partial charge in [-0.15, -0.1) is 12.4 Å². The molecule has 0 aliphatic carbocycles. The summed E-state index contributed by atoms with van der Waals surface area (Å²) in [4.78, 5) is 14.3. The molecule has 1 heterocycles. The molecule has 0 aromatic heterocycles. The van der Waals surface area contributed by atoms with Gasteiger partial charge in [0.2, 0.25) is 5.91 Å². The number of carbonyl (C=O) groups is 1. The zero-order chi connectivity index (χ0) is 17.6. The maximum Gasteiger partial charge on any atom is 0.226 e. The van der Waals surface area contributed by atoms with E-state index in [2.05, 4.69) is 0 Å². The Morgan fingerprint density at radius 3 is 2.62 bits per heavy atom. The van der Waals surface area contributed by atoms with Gasteiger partial charge in [-0.25, -0.2) is 0 Å². The van der Waals surface area contributed by atoms with E-state index in [1.807, 2.05) is 53.4 Å². The minimum absolute atomic E-state index is 0. The molecule has 2 aromatic rings. The number of likely N-dealkylation sites (tertiary alicyclic amines) is 1. The zero-order valence-corrected chi connectivity index (χ0v) is 16.1. The summed E-state index contributed by atoms with van der Waals surface area (Å²) in [7, 11) is 0. The minimum Gasteiger partial charge on any atom is -0.489 e. The van der Waals surface area contributed by atoms with Gasteiger partial charge in [-0.1, -0.05) is 41.9 Å². The molecule has 1 amide bonds. The Morgan fingerprint density at radius 2 is 1.88 bits per heavy atom. The summed E-state index contributed by atoms with van der Waals surface area (Å²) in [5.74, 6) is 0.890. The highest BCUT2D eigenvalue weighted by molar-refractivity contribution is 6.31. The Labute approximate surface area is 165 Å². The summed E-state index contributed by atoms with van der Waals surface area (Å²) in [6.45, 7) is 1.91. The lowest BCUT2D eigenvalue weighted by atomic mass is 10.0. The second-order valence-corrected chi connectivity index (χ2v) is 6.83. The molecule has 1 aliphatic rings. The van der Waals surface area contributed by atoms with Gasteiger partial charge in [-0.05, 0) is 36.6 Å². The van der Waals surface area contributed by atoms with Crippen molar-refractivity contribution in [2.45, 2.75) is 31.9 Å². The van der Waals surface area contributed by atoms with Gasteiger partial charge in [0.15, 0.2) is 0 Å². The first-order valence-corrected chi connectivity index (χ1v) is 8.98. The quantitative estimate of drug-likeness (QED) is 0.837. The van der Waals surface area contributed by atoms with E-state index in [-0.39, 0.29) is 24.4 Å². The molecule has 1 saturated heterocycles. The number of benzene rings is 2. The van der Waals surface area contributed by atoms with E-state index in [0.717, 1.165) is 42.8 Å². The summed E-state index contributed by atoms with van der Waals surface area (Å²) >= 11 is 6.15. The molecule has 3 rings (SSSR count). The van der Waals surface area contributed by atoms with Crippen LogP contribution in [0.4, 0.5) is 0 Å². The molecular weight excluding hydrogens is 371 g/mol. The average molecular weight is 395 g/mol. The van der Waals surface area contributed by atoms with E-state index < -0.39 is 0 Å². The summed E-state index contributed by atoms with van der Waals surface area (Å²) in [6, 6.07) is 15.5. The molecule has 2 aromatic carbocycles. The minimum atomic E-state index is 0. The average Bonchev–Trinajstić information content (AvgIpc) is 2.62. The van der Waals surface area contributed by atoms with Crippen LogP contribution in [0.2, 0.25) is 5.02 Å². The van der Waals surface area contributed by atoms with Gasteiger partial charge in [-0.2, -0.15) is 0 Å². The number of hydrogen-bond donors (Lipinski definition) is 1. The number of nitrogens with zero attached hydrogens (tertiary/aromatic N) is 1. The standard InChI is InChI=1S/C20H23ClN2O2.ClH/c21-19-7-2-1-5-16(19)14-25-18-6-3-4-15(12-18)13-20(24)23-10-8-17(22)9-11-23;/h1-7,12,17H,8-11,13-14,22H2;1H. The molecule has 0 unspecified atom stereocenters. The molecule has 1 aliphatic heterocycles. The van der Waals surface area contributed by atoms with Crippen molar-refractivity contribution in [3.05, 3.63) is 64.7 Å². The van der Waals surface area contributed by atoms with Crippen LogP contribution in [0.25, 0.3) is 0 Å². The number of rotatable bonds is 5. The van der Waals surface area contributed by atoms with Gasteiger partial charge >= 0.3 is 0 Å². The molecule has 0 bridgehead atoms. The number of ether oxygens (including phenoxy) is 1. The fourth-order valence-electron chi connectivity index (χ4n) is 2.96. The van der Waals surface area contributed by atoms with Gasteiger partial charge in [0.05, 0.1) is 6.42 Å². The lowest BCUT2D eigenvalue weighted by Gasteiger charge is -2.30. The molecule has 26 heavy (non-hydrogen) atoms. The molecule has 0 saturated carbocycles. The van der Waals surface area contributed by atoms with Gasteiger partial charge in [0.25, 0.3) is 0 Å². The highest BCUT2D eigenvalue weighted by atomic mass is 35.5. The molecule has 4 nitrogen and oxygen atoms in total. The first kappa shape index (κ1) is 20.6. The van der Waals surface area contributed by atoms with E-state index in [0.29, 0.717) is 18.1 Å². The van der Waals surface area contributed by atoms with Crippen molar-refractivity contribution >= 4 is 29.9 Å². The highest BCUT2D eigenvalue weighted by Crippen LogP contribution is 2.20. The van der Waals surface area contributed by atoms with E-state index >= 15 is 0 Å². The Balaban J connectivity index is 0.00000243. The Hall–Kier alpha value is -1.75. The molecule has 6 heteroatoms. The van der Waals surface area contributed by atoms with Crippen LogP contribution < -0.4 is 10.5 Å². The smallest absolute Gasteiger partial charge is 0.226 e. The van der Waals surface area contributed by atoms with E-state index in [4.69, 9.17) is 22.1 Å². The van der Waals surface area contributed by atoms with Gasteiger partial charge in [0, 0.05) is 29.7 Å². The Morgan fingerprint density at radius 1 is 1.15 bits per heavy atom. The first-order valence-electron chi connectivity index (χ1n) is 8.60. The van der Waals surface area contributed by atoms with Crippen LogP contribution in [-0.2, 0) is 17.8 Å². The summed E-state index contributed by atoms with van der Waals surface area (Å²) < 4.78 is 5.83. The van der Waals surface area contributed by atoms with Gasteiger partial charge in [0.1, 0.15) is 12.4 Å². The van der Waals surface area contributed by atoms with Crippen LogP contribution in [0, 0.1) is 0 Å². The van der Waals surface area contributed by atoms with Crippen LogP contribution in [-0.4, -0.2) is 29.9 Å². The van der Waals surface area contributed by atoms with Gasteiger partial charge in [-0.3, -0.25) is 4.79 Å². The topological polar surface area (TPSA) is 55.6 Å². The highest BCUT2D eigenvalue weighted by Gasteiger charge is 2.20. The fourth-order valence-corrected chi connectivity index (χ4v) is 3.15.